The number of hydrogen-bond acceptors (Lipinski definition) is 7. The molecule has 148 valence electrons. The molecule has 1 aromatic carbocycles. The number of furan rings is 1. The van der Waals surface area contributed by atoms with Gasteiger partial charge in [0.1, 0.15) is 5.76 Å². The van der Waals surface area contributed by atoms with Crippen LogP contribution >= 0.6 is 0 Å². The van der Waals surface area contributed by atoms with Crippen LogP contribution in [0.2, 0.25) is 0 Å². The van der Waals surface area contributed by atoms with E-state index in [-0.39, 0.29) is 11.3 Å². The van der Waals surface area contributed by atoms with Crippen molar-refractivity contribution in [3.63, 3.8) is 0 Å². The van der Waals surface area contributed by atoms with Crippen molar-refractivity contribution >= 4 is 11.8 Å². The average molecular weight is 386 g/mol. The summed E-state index contributed by atoms with van der Waals surface area (Å²) in [4.78, 5) is 25.3. The number of ether oxygens (including phenoxy) is 4. The van der Waals surface area contributed by atoms with Crippen LogP contribution < -0.4 is 14.2 Å². The molecule has 0 N–H and O–H groups in total. The van der Waals surface area contributed by atoms with Crippen LogP contribution in [-0.2, 0) is 9.53 Å². The van der Waals surface area contributed by atoms with Crippen molar-refractivity contribution in [3.05, 3.63) is 53.0 Å². The van der Waals surface area contributed by atoms with E-state index in [0.29, 0.717) is 34.1 Å². The molecule has 2 aromatic rings. The maximum absolute atomic E-state index is 12.7. The van der Waals surface area contributed by atoms with Gasteiger partial charge < -0.3 is 23.4 Å². The summed E-state index contributed by atoms with van der Waals surface area (Å²) in [5, 5.41) is 0. The second kappa shape index (κ2) is 7.42. The Morgan fingerprint density at radius 3 is 2.14 bits per heavy atom. The first-order valence-electron chi connectivity index (χ1n) is 8.59. The van der Waals surface area contributed by atoms with Crippen LogP contribution in [0.1, 0.15) is 33.4 Å². The number of carbonyl (C=O) groups is 2. The van der Waals surface area contributed by atoms with Crippen molar-refractivity contribution in [1.82, 2.24) is 0 Å². The van der Waals surface area contributed by atoms with Gasteiger partial charge in [0.05, 0.1) is 34.4 Å². The standard InChI is InChI=1S/C21H22O7/c1-10-7-13-17(12-8-14(24-3)20(26-5)15(9-12)25-4)16(21(23)27-6)11(2)18(22)19(13)28-10/h7-9,16-17H,2H2,1,3-6H3/t16-,17-/m1/s1. The third-order valence-electron chi connectivity index (χ3n) is 4.93. The summed E-state index contributed by atoms with van der Waals surface area (Å²) in [6, 6.07) is 5.25. The van der Waals surface area contributed by atoms with Gasteiger partial charge in [0.2, 0.25) is 11.5 Å². The molecule has 0 spiro atoms. The molecule has 28 heavy (non-hydrogen) atoms. The first-order chi connectivity index (χ1) is 13.4. The lowest BCUT2D eigenvalue weighted by Crippen LogP contribution is -2.33. The fraction of sp³-hybridized carbons (Fsp3) is 0.333. The van der Waals surface area contributed by atoms with Crippen LogP contribution in [0.15, 0.2) is 34.8 Å². The maximum atomic E-state index is 12.7. The highest BCUT2D eigenvalue weighted by Gasteiger charge is 2.45. The molecular formula is C21H22O7. The lowest BCUT2D eigenvalue weighted by Gasteiger charge is -2.31. The van der Waals surface area contributed by atoms with Crippen molar-refractivity contribution in [2.45, 2.75) is 12.8 Å². The third-order valence-corrected chi connectivity index (χ3v) is 4.93. The van der Waals surface area contributed by atoms with Gasteiger partial charge in [-0.15, -0.1) is 0 Å². The van der Waals surface area contributed by atoms with Gasteiger partial charge >= 0.3 is 5.97 Å². The van der Waals surface area contributed by atoms with E-state index in [1.54, 1.807) is 25.1 Å². The summed E-state index contributed by atoms with van der Waals surface area (Å²) in [6.45, 7) is 5.59. The van der Waals surface area contributed by atoms with Gasteiger partial charge in [-0.25, -0.2) is 0 Å². The number of benzene rings is 1. The minimum Gasteiger partial charge on any atom is -0.493 e. The van der Waals surface area contributed by atoms with Gasteiger partial charge in [-0.2, -0.15) is 0 Å². The summed E-state index contributed by atoms with van der Waals surface area (Å²) in [5.74, 6) is -0.366. The minimum atomic E-state index is -0.898. The predicted octanol–water partition coefficient (Wildman–Crippen LogP) is 3.29. The molecule has 0 bridgehead atoms. The van der Waals surface area contributed by atoms with Crippen molar-refractivity contribution in [2.75, 3.05) is 28.4 Å². The van der Waals surface area contributed by atoms with Crippen molar-refractivity contribution in [3.8, 4) is 17.2 Å². The molecule has 2 atom stereocenters. The van der Waals surface area contributed by atoms with Gasteiger partial charge in [0.25, 0.3) is 0 Å². The Bertz CT molecular complexity index is 929. The number of rotatable bonds is 5. The number of aryl methyl sites for hydroxylation is 1. The summed E-state index contributed by atoms with van der Waals surface area (Å²) in [6.07, 6.45) is 0. The van der Waals surface area contributed by atoms with E-state index in [0.717, 1.165) is 0 Å². The molecule has 0 unspecified atom stereocenters. The first-order valence-corrected chi connectivity index (χ1v) is 8.59. The van der Waals surface area contributed by atoms with Crippen LogP contribution in [0.3, 0.4) is 0 Å². The van der Waals surface area contributed by atoms with Crippen LogP contribution in [0, 0.1) is 12.8 Å². The van der Waals surface area contributed by atoms with E-state index in [1.807, 2.05) is 0 Å². The smallest absolute Gasteiger partial charge is 0.314 e. The zero-order chi connectivity index (χ0) is 20.6. The Labute approximate surface area is 162 Å². The summed E-state index contributed by atoms with van der Waals surface area (Å²) >= 11 is 0. The molecule has 7 heteroatoms. The summed E-state index contributed by atoms with van der Waals surface area (Å²) in [7, 11) is 5.81. The largest absolute Gasteiger partial charge is 0.493 e. The van der Waals surface area contributed by atoms with Crippen LogP contribution in [0.4, 0.5) is 0 Å². The number of methoxy groups -OCH3 is 4. The quantitative estimate of drug-likeness (QED) is 0.576. The molecule has 0 fully saturated rings. The van der Waals surface area contributed by atoms with Gasteiger partial charge in [-0.3, -0.25) is 9.59 Å². The molecular weight excluding hydrogens is 364 g/mol. The second-order valence-corrected chi connectivity index (χ2v) is 6.43. The molecule has 3 rings (SSSR count). The highest BCUT2D eigenvalue weighted by molar-refractivity contribution is 6.12. The lowest BCUT2D eigenvalue weighted by atomic mass is 9.71. The number of carbonyl (C=O) groups excluding carboxylic acids is 2. The topological polar surface area (TPSA) is 84.2 Å². The normalized spacial score (nSPS) is 18.5. The Morgan fingerprint density at radius 1 is 1.04 bits per heavy atom. The Balaban J connectivity index is 2.30. The van der Waals surface area contributed by atoms with Crippen LogP contribution in [-0.4, -0.2) is 40.2 Å². The van der Waals surface area contributed by atoms with Crippen LogP contribution in [0.25, 0.3) is 0 Å². The Morgan fingerprint density at radius 2 is 1.64 bits per heavy atom. The molecule has 0 radical (unpaired) electrons. The summed E-state index contributed by atoms with van der Waals surface area (Å²) in [5.41, 5.74) is 1.40. The van der Waals surface area contributed by atoms with E-state index in [2.05, 4.69) is 6.58 Å². The van der Waals surface area contributed by atoms with Crippen molar-refractivity contribution < 1.29 is 33.0 Å². The highest BCUT2D eigenvalue weighted by Crippen LogP contribution is 2.48. The zero-order valence-electron chi connectivity index (χ0n) is 16.5. The monoisotopic (exact) mass is 386 g/mol. The van der Waals surface area contributed by atoms with Gasteiger partial charge in [-0.05, 0) is 30.7 Å². The molecule has 0 saturated carbocycles. The van der Waals surface area contributed by atoms with Gasteiger partial charge in [0, 0.05) is 17.1 Å². The fourth-order valence-corrected chi connectivity index (χ4v) is 3.67. The fourth-order valence-electron chi connectivity index (χ4n) is 3.67. The van der Waals surface area contributed by atoms with Gasteiger partial charge in [-0.1, -0.05) is 6.58 Å². The van der Waals surface area contributed by atoms with Crippen LogP contribution in [0.5, 0.6) is 17.2 Å². The second-order valence-electron chi connectivity index (χ2n) is 6.43. The number of esters is 1. The SMILES string of the molecule is C=C1C(=O)c2oc(C)cc2[C@@H](c2cc(OC)c(OC)c(OC)c2)[C@@H]1C(=O)OC. The van der Waals surface area contributed by atoms with Crippen molar-refractivity contribution in [2.24, 2.45) is 5.92 Å². The molecule has 0 amide bonds. The van der Waals surface area contributed by atoms with Gasteiger partial charge in [0.15, 0.2) is 17.3 Å². The minimum absolute atomic E-state index is 0.118. The average Bonchev–Trinajstić information content (AvgIpc) is 3.10. The van der Waals surface area contributed by atoms with E-state index >= 15 is 0 Å². The molecule has 1 aliphatic carbocycles. The molecule has 1 aliphatic rings. The lowest BCUT2D eigenvalue weighted by molar-refractivity contribution is -0.144. The van der Waals surface area contributed by atoms with E-state index in [1.165, 1.54) is 28.4 Å². The highest BCUT2D eigenvalue weighted by atomic mass is 16.5. The Hall–Kier alpha value is -3.22. The number of fused-ring (bicyclic) bond motifs is 1. The Kier molecular flexibility index (Phi) is 5.18. The molecule has 0 aliphatic heterocycles. The zero-order valence-corrected chi connectivity index (χ0v) is 16.5. The van der Waals surface area contributed by atoms with E-state index in [9.17, 15) is 9.59 Å². The molecule has 0 saturated heterocycles. The maximum Gasteiger partial charge on any atom is 0.314 e. The third kappa shape index (κ3) is 2.93. The molecule has 1 heterocycles. The summed E-state index contributed by atoms with van der Waals surface area (Å²) < 4.78 is 26.8. The number of hydrogen-bond donors (Lipinski definition) is 0. The molecule has 7 nitrogen and oxygen atoms in total. The van der Waals surface area contributed by atoms with Crippen molar-refractivity contribution in [1.29, 1.82) is 0 Å². The number of Topliss-reactive ketones (excluding diaryl/α,β-unsaturated/α-hetero) is 1. The van der Waals surface area contributed by atoms with E-state index in [4.69, 9.17) is 23.4 Å². The van der Waals surface area contributed by atoms with E-state index < -0.39 is 23.6 Å². The number of ketones is 1. The first kappa shape index (κ1) is 19.5. The predicted molar refractivity (Wildman–Crippen MR) is 100 cm³/mol. The molecule has 1 aromatic heterocycles.